The number of aromatic nitrogens is 1. The summed E-state index contributed by atoms with van der Waals surface area (Å²) in [5.74, 6) is 0. The number of aryl methyl sites for hydroxylation is 3. The van der Waals surface area contributed by atoms with Gasteiger partial charge in [-0.3, -0.25) is 0 Å². The van der Waals surface area contributed by atoms with Gasteiger partial charge in [0.15, 0.2) is 5.69 Å². The molecule has 3 rings (SSSR count). The average molecular weight is 427 g/mol. The van der Waals surface area contributed by atoms with E-state index in [-0.39, 0.29) is 12.4 Å². The molecule has 0 aliphatic rings. The maximum Gasteiger partial charge on any atom is 0.231 e. The first-order chi connectivity index (χ1) is 12.0. The van der Waals surface area contributed by atoms with E-state index in [0.717, 1.165) is 18.4 Å². The number of halogens is 3. The smallest absolute Gasteiger partial charge is 0.231 e. The van der Waals surface area contributed by atoms with Crippen molar-refractivity contribution in [2.24, 2.45) is 0 Å². The summed E-state index contributed by atoms with van der Waals surface area (Å²) in [7, 11) is 0. The monoisotopic (exact) mass is 425 g/mol. The third-order valence-electron chi connectivity index (χ3n) is 4.71. The Hall–Kier alpha value is -1.06. The summed E-state index contributed by atoms with van der Waals surface area (Å²) in [6.45, 7) is 8.74. The van der Waals surface area contributed by atoms with E-state index in [0.29, 0.717) is 10.0 Å². The van der Waals surface area contributed by atoms with Gasteiger partial charge in [-0.2, -0.15) is 4.57 Å². The molecule has 1 heterocycles. The highest BCUT2D eigenvalue weighted by Crippen LogP contribution is 2.35. The lowest BCUT2D eigenvalue weighted by molar-refractivity contribution is -0.597. The number of hydrogen-bond donors (Lipinski definition) is 0. The second-order valence-electron chi connectivity index (χ2n) is 6.21. The van der Waals surface area contributed by atoms with Gasteiger partial charge in [-0.1, -0.05) is 60.5 Å². The van der Waals surface area contributed by atoms with Gasteiger partial charge in [0.25, 0.3) is 0 Å². The van der Waals surface area contributed by atoms with Gasteiger partial charge < -0.3 is 12.4 Å². The molecule has 26 heavy (non-hydrogen) atoms. The molecular formula is C21H22Cl3NS. The van der Waals surface area contributed by atoms with Gasteiger partial charge >= 0.3 is 0 Å². The molecule has 0 amide bonds. The number of hydrogen-bond acceptors (Lipinski definition) is 1. The summed E-state index contributed by atoms with van der Waals surface area (Å²) in [4.78, 5) is 1.33. The molecule has 0 saturated carbocycles. The van der Waals surface area contributed by atoms with Gasteiger partial charge in [-0.15, -0.1) is 0 Å². The molecule has 3 aromatic rings. The molecule has 0 aliphatic carbocycles. The number of nitrogens with zero attached hydrogens (tertiary/aromatic N) is 1. The Morgan fingerprint density at radius 3 is 2.00 bits per heavy atom. The zero-order chi connectivity index (χ0) is 18.1. The van der Waals surface area contributed by atoms with E-state index in [1.807, 2.05) is 12.1 Å². The Labute approximate surface area is 176 Å². The molecule has 0 spiro atoms. The summed E-state index contributed by atoms with van der Waals surface area (Å²) < 4.78 is 2.32. The number of benzene rings is 2. The van der Waals surface area contributed by atoms with Crippen LogP contribution in [0.15, 0.2) is 35.8 Å². The largest absolute Gasteiger partial charge is 1.00 e. The Morgan fingerprint density at radius 2 is 1.50 bits per heavy atom. The van der Waals surface area contributed by atoms with E-state index in [1.165, 1.54) is 32.9 Å². The minimum absolute atomic E-state index is 0. The van der Waals surface area contributed by atoms with Crippen LogP contribution in [0.5, 0.6) is 0 Å². The summed E-state index contributed by atoms with van der Waals surface area (Å²) in [6.07, 6.45) is 1.93. The van der Waals surface area contributed by atoms with Gasteiger partial charge in [0.05, 0.1) is 10.4 Å². The lowest BCUT2D eigenvalue weighted by Gasteiger charge is -2.14. The fourth-order valence-electron chi connectivity index (χ4n) is 3.24. The first-order valence-electron chi connectivity index (χ1n) is 8.54. The van der Waals surface area contributed by atoms with Crippen LogP contribution in [0.3, 0.4) is 0 Å². The summed E-state index contributed by atoms with van der Waals surface area (Å²) in [6, 6.07) is 10.3. The molecular weight excluding hydrogens is 405 g/mol. The van der Waals surface area contributed by atoms with Crippen LogP contribution in [0.1, 0.15) is 35.5 Å². The van der Waals surface area contributed by atoms with E-state index in [1.54, 1.807) is 17.4 Å². The van der Waals surface area contributed by atoms with Gasteiger partial charge in [-0.05, 0) is 49.1 Å². The zero-order valence-corrected chi connectivity index (χ0v) is 18.5. The Bertz CT molecular complexity index is 911. The second-order valence-corrected chi connectivity index (χ2v) is 8.14. The van der Waals surface area contributed by atoms with E-state index in [4.69, 9.17) is 23.2 Å². The molecule has 0 saturated heterocycles. The van der Waals surface area contributed by atoms with E-state index >= 15 is 0 Å². The third kappa shape index (κ3) is 3.94. The second kappa shape index (κ2) is 8.75. The molecule has 1 nitrogen and oxygen atoms in total. The minimum Gasteiger partial charge on any atom is -1.00 e. The van der Waals surface area contributed by atoms with Crippen molar-refractivity contribution in [2.45, 2.75) is 40.5 Å². The van der Waals surface area contributed by atoms with E-state index in [2.05, 4.69) is 49.9 Å². The lowest BCUT2D eigenvalue weighted by atomic mass is 9.92. The van der Waals surface area contributed by atoms with E-state index in [9.17, 15) is 0 Å². The highest BCUT2D eigenvalue weighted by molar-refractivity contribution is 7.09. The minimum atomic E-state index is 0. The van der Waals surface area contributed by atoms with Crippen LogP contribution in [0.25, 0.3) is 16.8 Å². The first kappa shape index (κ1) is 21.2. The van der Waals surface area contributed by atoms with Crippen molar-refractivity contribution in [1.82, 2.24) is 0 Å². The van der Waals surface area contributed by atoms with Crippen LogP contribution in [0.2, 0.25) is 10.0 Å². The highest BCUT2D eigenvalue weighted by atomic mass is 35.5. The molecule has 0 bridgehead atoms. The topological polar surface area (TPSA) is 3.88 Å². The fourth-order valence-corrected chi connectivity index (χ4v) is 4.56. The molecule has 0 fully saturated rings. The summed E-state index contributed by atoms with van der Waals surface area (Å²) in [5, 5.41) is 1.33. The molecule has 0 aliphatic heterocycles. The molecule has 0 N–H and O–H groups in total. The van der Waals surface area contributed by atoms with Gasteiger partial charge in [0.1, 0.15) is 0 Å². The first-order valence-corrected chi connectivity index (χ1v) is 10.2. The van der Waals surface area contributed by atoms with Gasteiger partial charge in [0, 0.05) is 22.5 Å². The average Bonchev–Trinajstić information content (AvgIpc) is 2.91. The number of rotatable bonds is 4. The third-order valence-corrected chi connectivity index (χ3v) is 6.11. The Balaban J connectivity index is 0.00000243. The fraction of sp³-hybridized carbons (Fsp3) is 0.286. The van der Waals surface area contributed by atoms with Crippen LogP contribution in [-0.2, 0) is 12.8 Å². The van der Waals surface area contributed by atoms with Crippen LogP contribution in [0, 0.1) is 13.8 Å². The van der Waals surface area contributed by atoms with Crippen molar-refractivity contribution >= 4 is 34.5 Å². The van der Waals surface area contributed by atoms with Gasteiger partial charge in [-0.25, -0.2) is 0 Å². The molecule has 0 atom stereocenters. The van der Waals surface area contributed by atoms with Crippen molar-refractivity contribution in [2.75, 3.05) is 0 Å². The molecule has 138 valence electrons. The van der Waals surface area contributed by atoms with Crippen molar-refractivity contribution in [3.05, 3.63) is 67.6 Å². The SMILES string of the molecule is CCc1ccc(CC)c(-[n+]2csc(C)c2C)c1-c1cc(Cl)cc(Cl)c1.[Cl-]. The van der Waals surface area contributed by atoms with Crippen LogP contribution in [-0.4, -0.2) is 0 Å². The summed E-state index contributed by atoms with van der Waals surface area (Å²) in [5.41, 5.74) is 9.68. The predicted molar refractivity (Wildman–Crippen MR) is 110 cm³/mol. The van der Waals surface area contributed by atoms with E-state index < -0.39 is 0 Å². The van der Waals surface area contributed by atoms with Crippen LogP contribution < -0.4 is 17.0 Å². The Kier molecular flexibility index (Phi) is 7.15. The molecule has 1 aromatic heterocycles. The van der Waals surface area contributed by atoms with Crippen molar-refractivity contribution < 1.29 is 17.0 Å². The standard InChI is InChI=1S/C21H22Cl2NS.ClH/c1-5-15-7-8-16(6-2)21(24-12-25-14(4)13(24)3)20(15)17-9-18(22)11-19(23)10-17;/h7-12H,5-6H2,1-4H3;1H/q+1;/p-1. The molecule has 2 aromatic carbocycles. The van der Waals surface area contributed by atoms with Crippen LogP contribution in [0.4, 0.5) is 0 Å². The maximum atomic E-state index is 6.31. The molecule has 0 unspecified atom stereocenters. The quantitative estimate of drug-likeness (QED) is 0.560. The van der Waals surface area contributed by atoms with Crippen LogP contribution >= 0.6 is 34.5 Å². The zero-order valence-electron chi connectivity index (χ0n) is 15.4. The number of thiazole rings is 1. The predicted octanol–water partition coefficient (Wildman–Crippen LogP) is 3.74. The van der Waals surface area contributed by atoms with Gasteiger partial charge in [0.2, 0.25) is 11.2 Å². The van der Waals surface area contributed by atoms with Crippen molar-refractivity contribution in [3.8, 4) is 16.8 Å². The highest BCUT2D eigenvalue weighted by Gasteiger charge is 2.25. The van der Waals surface area contributed by atoms with Crippen molar-refractivity contribution in [1.29, 1.82) is 0 Å². The molecule has 0 radical (unpaired) electrons. The Morgan fingerprint density at radius 1 is 0.923 bits per heavy atom. The maximum absolute atomic E-state index is 6.31. The summed E-state index contributed by atoms with van der Waals surface area (Å²) >= 11 is 14.4. The lowest BCUT2D eigenvalue weighted by Crippen LogP contribution is -3.00. The normalized spacial score (nSPS) is 10.7. The molecule has 5 heteroatoms. The van der Waals surface area contributed by atoms with Crippen molar-refractivity contribution in [3.63, 3.8) is 0 Å².